The fourth-order valence-corrected chi connectivity index (χ4v) is 3.53. The lowest BCUT2D eigenvalue weighted by atomic mass is 10.1. The van der Waals surface area contributed by atoms with E-state index in [0.717, 1.165) is 33.4 Å². The van der Waals surface area contributed by atoms with E-state index in [1.165, 1.54) is 5.56 Å². The number of aromatic amines is 1. The number of hydrogen-bond donors (Lipinski definition) is 1. The Kier molecular flexibility index (Phi) is 3.83. The third-order valence-corrected chi connectivity index (χ3v) is 5.26. The first-order valence-corrected chi connectivity index (χ1v) is 8.54. The standard InChI is InChI=1S/C17H19N3OS/c1-10-5-6-14-15(7-10)20-17(19-14)22(21)9-16-13(4)12(3)11(2)8-18-16/h5-8H,9H2,1-4H3,(H,19,20). The number of hydrogen-bond acceptors (Lipinski definition) is 3. The van der Waals surface area contributed by atoms with Crippen LogP contribution in [0.25, 0.3) is 11.0 Å². The van der Waals surface area contributed by atoms with Gasteiger partial charge in [-0.25, -0.2) is 4.98 Å². The summed E-state index contributed by atoms with van der Waals surface area (Å²) in [5.41, 5.74) is 7.28. The molecule has 2 aromatic heterocycles. The number of pyridine rings is 1. The predicted octanol–water partition coefficient (Wildman–Crippen LogP) is 3.50. The van der Waals surface area contributed by atoms with Gasteiger partial charge in [0, 0.05) is 6.20 Å². The Labute approximate surface area is 132 Å². The molecule has 114 valence electrons. The molecule has 0 saturated heterocycles. The first kappa shape index (κ1) is 14.9. The number of fused-ring (bicyclic) bond motifs is 1. The van der Waals surface area contributed by atoms with Gasteiger partial charge in [0.15, 0.2) is 5.16 Å². The van der Waals surface area contributed by atoms with Gasteiger partial charge in [-0.15, -0.1) is 0 Å². The molecule has 0 radical (unpaired) electrons. The highest BCUT2D eigenvalue weighted by atomic mass is 32.2. The Bertz CT molecular complexity index is 883. The predicted molar refractivity (Wildman–Crippen MR) is 89.4 cm³/mol. The van der Waals surface area contributed by atoms with Crippen LogP contribution in [0.5, 0.6) is 0 Å². The van der Waals surface area contributed by atoms with Crippen molar-refractivity contribution in [1.82, 2.24) is 15.0 Å². The Morgan fingerprint density at radius 2 is 1.91 bits per heavy atom. The number of rotatable bonds is 3. The van der Waals surface area contributed by atoms with Crippen molar-refractivity contribution in [3.05, 3.63) is 52.3 Å². The van der Waals surface area contributed by atoms with Gasteiger partial charge in [-0.3, -0.25) is 9.19 Å². The largest absolute Gasteiger partial charge is 0.331 e. The lowest BCUT2D eigenvalue weighted by molar-refractivity contribution is 0.676. The molecule has 4 nitrogen and oxygen atoms in total. The summed E-state index contributed by atoms with van der Waals surface area (Å²) < 4.78 is 12.6. The lowest BCUT2D eigenvalue weighted by Crippen LogP contribution is -2.04. The van der Waals surface area contributed by atoms with Crippen LogP contribution in [0, 0.1) is 27.7 Å². The topological polar surface area (TPSA) is 58.6 Å². The second kappa shape index (κ2) is 5.65. The molecule has 1 atom stereocenters. The zero-order valence-corrected chi connectivity index (χ0v) is 14.0. The Morgan fingerprint density at radius 3 is 2.68 bits per heavy atom. The average Bonchev–Trinajstić information content (AvgIpc) is 2.91. The van der Waals surface area contributed by atoms with Crippen molar-refractivity contribution in [3.8, 4) is 0 Å². The molecular formula is C17H19N3OS. The fourth-order valence-electron chi connectivity index (χ4n) is 2.43. The summed E-state index contributed by atoms with van der Waals surface area (Å²) in [5, 5.41) is 0.514. The van der Waals surface area contributed by atoms with E-state index >= 15 is 0 Å². The lowest BCUT2D eigenvalue weighted by Gasteiger charge is -2.09. The maximum absolute atomic E-state index is 12.6. The summed E-state index contributed by atoms with van der Waals surface area (Å²) in [6, 6.07) is 5.97. The molecule has 1 aromatic carbocycles. The van der Waals surface area contributed by atoms with Crippen LogP contribution in [0.4, 0.5) is 0 Å². The van der Waals surface area contributed by atoms with Crippen molar-refractivity contribution < 1.29 is 4.21 Å². The molecule has 0 aliphatic rings. The third-order valence-electron chi connectivity index (χ3n) is 4.10. The molecule has 0 bridgehead atoms. The molecule has 0 fully saturated rings. The van der Waals surface area contributed by atoms with Gasteiger partial charge in [0.25, 0.3) is 0 Å². The van der Waals surface area contributed by atoms with Crippen LogP contribution in [0.1, 0.15) is 27.9 Å². The van der Waals surface area contributed by atoms with Crippen molar-refractivity contribution in [2.24, 2.45) is 0 Å². The molecule has 5 heteroatoms. The highest BCUT2D eigenvalue weighted by molar-refractivity contribution is 7.84. The van der Waals surface area contributed by atoms with Gasteiger partial charge in [0.2, 0.25) is 0 Å². The van der Waals surface area contributed by atoms with Crippen molar-refractivity contribution in [1.29, 1.82) is 0 Å². The zero-order chi connectivity index (χ0) is 15.9. The molecule has 0 aliphatic carbocycles. The van der Waals surface area contributed by atoms with Gasteiger partial charge >= 0.3 is 0 Å². The zero-order valence-electron chi connectivity index (χ0n) is 13.2. The van der Waals surface area contributed by atoms with Crippen LogP contribution in [-0.2, 0) is 16.6 Å². The van der Waals surface area contributed by atoms with Gasteiger partial charge < -0.3 is 4.98 Å². The molecule has 0 saturated carbocycles. The van der Waals surface area contributed by atoms with Crippen LogP contribution in [0.15, 0.2) is 29.6 Å². The molecule has 0 aliphatic heterocycles. The molecule has 2 heterocycles. The monoisotopic (exact) mass is 313 g/mol. The molecule has 22 heavy (non-hydrogen) atoms. The normalized spacial score (nSPS) is 12.7. The number of nitrogens with one attached hydrogen (secondary N) is 1. The summed E-state index contributed by atoms with van der Waals surface area (Å²) in [7, 11) is -1.23. The minimum atomic E-state index is -1.23. The van der Waals surface area contributed by atoms with E-state index in [-0.39, 0.29) is 0 Å². The van der Waals surface area contributed by atoms with Crippen molar-refractivity contribution >= 4 is 21.8 Å². The van der Waals surface area contributed by atoms with Gasteiger partial charge in [-0.2, -0.15) is 0 Å². The summed E-state index contributed by atoms with van der Waals surface area (Å²) in [6.07, 6.45) is 1.84. The van der Waals surface area contributed by atoms with E-state index < -0.39 is 10.8 Å². The molecule has 0 amide bonds. The minimum Gasteiger partial charge on any atom is -0.331 e. The number of aromatic nitrogens is 3. The summed E-state index contributed by atoms with van der Waals surface area (Å²) in [5.74, 6) is 0.381. The van der Waals surface area contributed by atoms with E-state index in [9.17, 15) is 4.21 Å². The third kappa shape index (κ3) is 2.68. The molecule has 3 rings (SSSR count). The smallest absolute Gasteiger partial charge is 0.197 e. The van der Waals surface area contributed by atoms with Crippen LogP contribution >= 0.6 is 0 Å². The number of H-pyrrole nitrogens is 1. The first-order valence-electron chi connectivity index (χ1n) is 7.22. The van der Waals surface area contributed by atoms with Crippen molar-refractivity contribution in [2.45, 2.75) is 38.6 Å². The summed E-state index contributed by atoms with van der Waals surface area (Å²) >= 11 is 0. The Hall–Kier alpha value is -2.01. The van der Waals surface area contributed by atoms with Crippen molar-refractivity contribution in [2.75, 3.05) is 0 Å². The number of aryl methyl sites for hydroxylation is 2. The van der Waals surface area contributed by atoms with Gasteiger partial charge in [0.05, 0.1) is 33.3 Å². The highest BCUT2D eigenvalue weighted by Gasteiger charge is 2.14. The van der Waals surface area contributed by atoms with Crippen LogP contribution in [-0.4, -0.2) is 19.2 Å². The van der Waals surface area contributed by atoms with Gasteiger partial charge in [-0.1, -0.05) is 6.07 Å². The van der Waals surface area contributed by atoms with Crippen LogP contribution in [0.2, 0.25) is 0 Å². The molecule has 3 aromatic rings. The molecular weight excluding hydrogens is 294 g/mol. The second-order valence-electron chi connectivity index (χ2n) is 5.69. The van der Waals surface area contributed by atoms with Crippen LogP contribution in [0.3, 0.4) is 0 Å². The minimum absolute atomic E-state index is 0.381. The first-order chi connectivity index (χ1) is 10.5. The maximum Gasteiger partial charge on any atom is 0.197 e. The molecule has 0 spiro atoms. The highest BCUT2D eigenvalue weighted by Crippen LogP contribution is 2.19. The van der Waals surface area contributed by atoms with E-state index in [0.29, 0.717) is 10.9 Å². The summed E-state index contributed by atoms with van der Waals surface area (Å²) in [4.78, 5) is 12.0. The number of nitrogens with zero attached hydrogens (tertiary/aromatic N) is 2. The molecule has 1 N–H and O–H groups in total. The van der Waals surface area contributed by atoms with Crippen LogP contribution < -0.4 is 0 Å². The van der Waals surface area contributed by atoms with E-state index in [1.807, 2.05) is 45.2 Å². The Morgan fingerprint density at radius 1 is 1.14 bits per heavy atom. The van der Waals surface area contributed by atoms with Gasteiger partial charge in [0.1, 0.15) is 0 Å². The SMILES string of the molecule is Cc1ccc2nc(S(=O)Cc3ncc(C)c(C)c3C)[nH]c2c1. The van der Waals surface area contributed by atoms with Gasteiger partial charge in [-0.05, 0) is 62.1 Å². The van der Waals surface area contributed by atoms with E-state index in [4.69, 9.17) is 0 Å². The average molecular weight is 313 g/mol. The summed E-state index contributed by atoms with van der Waals surface area (Å²) in [6.45, 7) is 8.17. The number of imidazole rings is 1. The molecule has 1 unspecified atom stereocenters. The Balaban J connectivity index is 1.92. The fraction of sp³-hybridized carbons (Fsp3) is 0.294. The van der Waals surface area contributed by atoms with E-state index in [2.05, 4.69) is 21.9 Å². The quantitative estimate of drug-likeness (QED) is 0.805. The second-order valence-corrected chi connectivity index (χ2v) is 7.06. The van der Waals surface area contributed by atoms with Crippen molar-refractivity contribution in [3.63, 3.8) is 0 Å². The maximum atomic E-state index is 12.6. The number of benzene rings is 1. The van der Waals surface area contributed by atoms with E-state index in [1.54, 1.807) is 0 Å².